The lowest BCUT2D eigenvalue weighted by molar-refractivity contribution is -0.118. The van der Waals surface area contributed by atoms with Gasteiger partial charge in [0.15, 0.2) is 0 Å². The molecule has 0 aliphatic rings. The van der Waals surface area contributed by atoms with Gasteiger partial charge in [0.05, 0.1) is 17.9 Å². The zero-order chi connectivity index (χ0) is 24.5. The third kappa shape index (κ3) is 4.00. The van der Waals surface area contributed by atoms with Gasteiger partial charge in [-0.05, 0) is 23.6 Å². The lowest BCUT2D eigenvalue weighted by Gasteiger charge is -2.15. The van der Waals surface area contributed by atoms with Gasteiger partial charge in [-0.3, -0.25) is 18.8 Å². The first kappa shape index (κ1) is 22.3. The van der Waals surface area contributed by atoms with Gasteiger partial charge in [0.1, 0.15) is 28.3 Å². The molecule has 0 aliphatic heterocycles. The van der Waals surface area contributed by atoms with Crippen molar-refractivity contribution in [2.45, 2.75) is 13.0 Å². The zero-order valence-electron chi connectivity index (χ0n) is 19.0. The Hall–Kier alpha value is -4.55. The van der Waals surface area contributed by atoms with Gasteiger partial charge < -0.3 is 5.32 Å². The molecule has 0 spiro atoms. The van der Waals surface area contributed by atoms with Crippen LogP contribution in [-0.2, 0) is 11.8 Å². The highest BCUT2D eigenvalue weighted by atomic mass is 32.1. The molecule has 0 saturated carbocycles. The monoisotopic (exact) mass is 480 g/mol. The number of amides is 1. The van der Waals surface area contributed by atoms with Gasteiger partial charge in [0.2, 0.25) is 5.91 Å². The number of nitrogens with one attached hydrogen (secondary N) is 1. The number of hydrogen-bond acceptors (Lipinski definition) is 6. The third-order valence-corrected chi connectivity index (χ3v) is 6.81. The van der Waals surface area contributed by atoms with Crippen molar-refractivity contribution < 1.29 is 4.79 Å². The summed E-state index contributed by atoms with van der Waals surface area (Å²) in [6.07, 6.45) is 2.77. The van der Waals surface area contributed by atoms with Crippen LogP contribution in [0.1, 0.15) is 18.5 Å². The van der Waals surface area contributed by atoms with Crippen LogP contribution in [0.4, 0.5) is 5.82 Å². The fraction of sp³-hybridized carbons (Fsp3) is 0.115. The van der Waals surface area contributed by atoms with Crippen molar-refractivity contribution >= 4 is 33.3 Å². The Kier molecular flexibility index (Phi) is 5.73. The molecule has 5 aromatic rings. The van der Waals surface area contributed by atoms with Crippen LogP contribution in [0, 0.1) is 11.3 Å². The summed E-state index contributed by atoms with van der Waals surface area (Å²) >= 11 is 1.39. The third-order valence-electron chi connectivity index (χ3n) is 5.92. The average Bonchev–Trinajstić information content (AvgIpc) is 3.48. The first-order chi connectivity index (χ1) is 17.0. The van der Waals surface area contributed by atoms with Crippen LogP contribution in [0.5, 0.6) is 0 Å². The molecule has 1 amide bonds. The number of carbonyl (C=O) groups is 1. The number of aryl methyl sites for hydroxylation is 1. The number of benzene rings is 2. The molecule has 0 fully saturated rings. The van der Waals surface area contributed by atoms with E-state index in [-0.39, 0.29) is 16.9 Å². The smallest absolute Gasteiger partial charge is 0.263 e. The molecule has 35 heavy (non-hydrogen) atoms. The molecule has 1 atom stereocenters. The second-order valence-corrected chi connectivity index (χ2v) is 8.90. The van der Waals surface area contributed by atoms with Crippen LogP contribution in [0.15, 0.2) is 77.3 Å². The van der Waals surface area contributed by atoms with Gasteiger partial charge in [-0.15, -0.1) is 11.3 Å². The first-order valence-corrected chi connectivity index (χ1v) is 11.7. The Balaban J connectivity index is 1.49. The highest BCUT2D eigenvalue weighted by Crippen LogP contribution is 2.32. The summed E-state index contributed by atoms with van der Waals surface area (Å²) in [4.78, 5) is 31.5. The molecule has 3 heterocycles. The predicted octanol–water partition coefficient (Wildman–Crippen LogP) is 4.60. The second kappa shape index (κ2) is 9.00. The molecule has 172 valence electrons. The van der Waals surface area contributed by atoms with Crippen LogP contribution in [-0.4, -0.2) is 25.2 Å². The molecule has 0 saturated heterocycles. The minimum atomic E-state index is -0.853. The van der Waals surface area contributed by atoms with E-state index in [1.807, 2.05) is 53.9 Å². The summed E-state index contributed by atoms with van der Waals surface area (Å²) in [6.45, 7) is 1.62. The summed E-state index contributed by atoms with van der Waals surface area (Å²) in [5.74, 6) is -0.168. The summed E-state index contributed by atoms with van der Waals surface area (Å²) < 4.78 is 2.72. The van der Waals surface area contributed by atoms with E-state index in [9.17, 15) is 14.9 Å². The number of hydrogen-bond donors (Lipinski definition) is 1. The van der Waals surface area contributed by atoms with E-state index in [1.54, 1.807) is 14.0 Å². The standard InChI is InChI=1S/C26H20N6O2S/c1-16(24(33)30-23-20(12-27)13-29-31(23)2)32-15-28-25-22(26(32)34)21(14-35-25)19-10-8-18(9-11-19)17-6-4-3-5-7-17/h3-11,13-16H,1-2H3,(H,30,33). The minimum Gasteiger partial charge on any atom is -0.308 e. The summed E-state index contributed by atoms with van der Waals surface area (Å²) in [5.41, 5.74) is 3.83. The lowest BCUT2D eigenvalue weighted by Crippen LogP contribution is -2.32. The van der Waals surface area contributed by atoms with E-state index >= 15 is 0 Å². The van der Waals surface area contributed by atoms with Crippen molar-refractivity contribution in [3.05, 3.63) is 88.4 Å². The van der Waals surface area contributed by atoms with Gasteiger partial charge >= 0.3 is 0 Å². The van der Waals surface area contributed by atoms with Crippen LogP contribution in [0.3, 0.4) is 0 Å². The minimum absolute atomic E-state index is 0.244. The average molecular weight is 481 g/mol. The maximum absolute atomic E-state index is 13.5. The molecule has 9 heteroatoms. The van der Waals surface area contributed by atoms with Crippen LogP contribution >= 0.6 is 11.3 Å². The van der Waals surface area contributed by atoms with Crippen molar-refractivity contribution in [2.24, 2.45) is 7.05 Å². The number of rotatable bonds is 5. The number of nitriles is 1. The van der Waals surface area contributed by atoms with Crippen molar-refractivity contribution in [2.75, 3.05) is 5.32 Å². The molecular formula is C26H20N6O2S. The SMILES string of the molecule is CC(C(=O)Nc1c(C#N)cnn1C)n1cnc2scc(-c3ccc(-c4ccccc4)cc3)c2c1=O. The number of thiophene rings is 1. The first-order valence-electron chi connectivity index (χ1n) is 10.8. The summed E-state index contributed by atoms with van der Waals surface area (Å²) in [7, 11) is 1.63. The Morgan fingerprint density at radius 1 is 1.09 bits per heavy atom. The quantitative estimate of drug-likeness (QED) is 0.396. The molecule has 1 unspecified atom stereocenters. The van der Waals surface area contributed by atoms with Crippen molar-refractivity contribution in [1.29, 1.82) is 5.26 Å². The van der Waals surface area contributed by atoms with Gasteiger partial charge in [-0.2, -0.15) is 10.4 Å². The Labute approximate surface area is 204 Å². The molecule has 2 aromatic carbocycles. The lowest BCUT2D eigenvalue weighted by atomic mass is 10.0. The Morgan fingerprint density at radius 2 is 1.77 bits per heavy atom. The van der Waals surface area contributed by atoms with Crippen molar-refractivity contribution in [3.8, 4) is 28.3 Å². The topological polar surface area (TPSA) is 106 Å². The van der Waals surface area contributed by atoms with Gasteiger partial charge in [0, 0.05) is 18.0 Å². The summed E-state index contributed by atoms with van der Waals surface area (Å²) in [6, 6.07) is 19.2. The van der Waals surface area contributed by atoms with E-state index < -0.39 is 11.9 Å². The number of carbonyl (C=O) groups excluding carboxylic acids is 1. The van der Waals surface area contributed by atoms with E-state index in [1.165, 1.54) is 33.1 Å². The van der Waals surface area contributed by atoms with E-state index in [0.29, 0.717) is 10.2 Å². The molecule has 3 aromatic heterocycles. The van der Waals surface area contributed by atoms with E-state index in [0.717, 1.165) is 22.3 Å². The fourth-order valence-electron chi connectivity index (χ4n) is 3.92. The highest BCUT2D eigenvalue weighted by molar-refractivity contribution is 7.17. The Morgan fingerprint density at radius 3 is 2.49 bits per heavy atom. The van der Waals surface area contributed by atoms with Crippen molar-refractivity contribution in [1.82, 2.24) is 19.3 Å². The maximum Gasteiger partial charge on any atom is 0.263 e. The zero-order valence-corrected chi connectivity index (χ0v) is 19.8. The number of anilines is 1. The predicted molar refractivity (Wildman–Crippen MR) is 136 cm³/mol. The second-order valence-electron chi connectivity index (χ2n) is 8.04. The van der Waals surface area contributed by atoms with Gasteiger partial charge in [-0.25, -0.2) is 4.98 Å². The van der Waals surface area contributed by atoms with Crippen LogP contribution in [0.2, 0.25) is 0 Å². The van der Waals surface area contributed by atoms with Crippen LogP contribution in [0.25, 0.3) is 32.5 Å². The molecule has 8 nitrogen and oxygen atoms in total. The van der Waals surface area contributed by atoms with Crippen LogP contribution < -0.4 is 10.9 Å². The van der Waals surface area contributed by atoms with Gasteiger partial charge in [0.25, 0.3) is 5.56 Å². The number of aromatic nitrogens is 4. The molecule has 5 rings (SSSR count). The summed E-state index contributed by atoms with van der Waals surface area (Å²) in [5, 5.41) is 18.3. The largest absolute Gasteiger partial charge is 0.308 e. The fourth-order valence-corrected chi connectivity index (χ4v) is 4.83. The highest BCUT2D eigenvalue weighted by Gasteiger charge is 2.22. The number of fused-ring (bicyclic) bond motifs is 1. The van der Waals surface area contributed by atoms with Gasteiger partial charge in [-0.1, -0.05) is 54.6 Å². The Bertz CT molecular complexity index is 1640. The molecule has 0 radical (unpaired) electrons. The molecule has 0 bridgehead atoms. The number of nitrogens with zero attached hydrogens (tertiary/aromatic N) is 5. The molecular weight excluding hydrogens is 460 g/mol. The normalized spacial score (nSPS) is 11.8. The van der Waals surface area contributed by atoms with E-state index in [4.69, 9.17) is 0 Å². The van der Waals surface area contributed by atoms with E-state index in [2.05, 4.69) is 27.5 Å². The van der Waals surface area contributed by atoms with Crippen molar-refractivity contribution in [3.63, 3.8) is 0 Å². The maximum atomic E-state index is 13.5. The molecule has 1 N–H and O–H groups in total. The molecule has 0 aliphatic carbocycles.